The highest BCUT2D eigenvalue weighted by Gasteiger charge is 2.15. The standard InChI is InChI=1S/C17H15N3O4/c1-22-14-6-5-12(8-16(14)23-2)19-17(21)13-9-15(24-20-13)11-4-3-7-18-10-11/h3-10H,1-2H3,(H,19,21). The van der Waals surface area contributed by atoms with E-state index in [9.17, 15) is 4.79 Å². The summed E-state index contributed by atoms with van der Waals surface area (Å²) in [6, 6.07) is 10.2. The molecule has 0 unspecified atom stereocenters. The van der Waals surface area contributed by atoms with Gasteiger partial charge in [0.2, 0.25) is 0 Å². The van der Waals surface area contributed by atoms with E-state index in [0.29, 0.717) is 22.9 Å². The van der Waals surface area contributed by atoms with E-state index in [2.05, 4.69) is 15.5 Å². The number of hydrogen-bond donors (Lipinski definition) is 1. The Labute approximate surface area is 138 Å². The van der Waals surface area contributed by atoms with Gasteiger partial charge >= 0.3 is 0 Å². The number of carbonyl (C=O) groups is 1. The Hall–Kier alpha value is -3.35. The smallest absolute Gasteiger partial charge is 0.277 e. The lowest BCUT2D eigenvalue weighted by Gasteiger charge is -2.09. The number of aromatic nitrogens is 2. The molecule has 3 rings (SSSR count). The van der Waals surface area contributed by atoms with E-state index in [1.54, 1.807) is 49.8 Å². The fourth-order valence-corrected chi connectivity index (χ4v) is 2.14. The molecule has 0 bridgehead atoms. The quantitative estimate of drug-likeness (QED) is 0.776. The van der Waals surface area contributed by atoms with Gasteiger partial charge in [-0.1, -0.05) is 5.16 Å². The molecule has 0 aliphatic carbocycles. The van der Waals surface area contributed by atoms with Crippen LogP contribution in [-0.2, 0) is 0 Å². The first kappa shape index (κ1) is 15.5. The van der Waals surface area contributed by atoms with Crippen LogP contribution in [0.15, 0.2) is 53.3 Å². The number of benzene rings is 1. The van der Waals surface area contributed by atoms with Crippen molar-refractivity contribution in [1.29, 1.82) is 0 Å². The minimum Gasteiger partial charge on any atom is -0.493 e. The Bertz CT molecular complexity index is 846. The third kappa shape index (κ3) is 3.19. The van der Waals surface area contributed by atoms with Crippen molar-refractivity contribution in [2.24, 2.45) is 0 Å². The third-order valence-electron chi connectivity index (χ3n) is 3.33. The van der Waals surface area contributed by atoms with Crippen LogP contribution in [0.4, 0.5) is 5.69 Å². The molecule has 1 aromatic carbocycles. The molecule has 0 spiro atoms. The molecular formula is C17H15N3O4. The van der Waals surface area contributed by atoms with Gasteiger partial charge in [-0.3, -0.25) is 9.78 Å². The Morgan fingerprint density at radius 1 is 1.12 bits per heavy atom. The van der Waals surface area contributed by atoms with Crippen molar-refractivity contribution in [3.63, 3.8) is 0 Å². The van der Waals surface area contributed by atoms with Gasteiger partial charge in [0.1, 0.15) is 0 Å². The molecule has 0 saturated carbocycles. The van der Waals surface area contributed by atoms with Gasteiger partial charge in [0.15, 0.2) is 23.0 Å². The zero-order chi connectivity index (χ0) is 16.9. The monoisotopic (exact) mass is 325 g/mol. The summed E-state index contributed by atoms with van der Waals surface area (Å²) in [7, 11) is 3.08. The highest BCUT2D eigenvalue weighted by Crippen LogP contribution is 2.30. The zero-order valence-electron chi connectivity index (χ0n) is 13.1. The summed E-state index contributed by atoms with van der Waals surface area (Å²) < 4.78 is 15.6. The van der Waals surface area contributed by atoms with Crippen molar-refractivity contribution in [3.05, 3.63) is 54.5 Å². The van der Waals surface area contributed by atoms with Gasteiger partial charge in [-0.25, -0.2) is 0 Å². The molecular weight excluding hydrogens is 310 g/mol. The van der Waals surface area contributed by atoms with E-state index < -0.39 is 0 Å². The van der Waals surface area contributed by atoms with Gasteiger partial charge in [-0.2, -0.15) is 0 Å². The Morgan fingerprint density at radius 3 is 2.67 bits per heavy atom. The second-order valence-electron chi connectivity index (χ2n) is 4.84. The number of nitrogens with zero attached hydrogens (tertiary/aromatic N) is 2. The molecule has 24 heavy (non-hydrogen) atoms. The van der Waals surface area contributed by atoms with Crippen LogP contribution >= 0.6 is 0 Å². The highest BCUT2D eigenvalue weighted by atomic mass is 16.5. The van der Waals surface area contributed by atoms with E-state index >= 15 is 0 Å². The van der Waals surface area contributed by atoms with E-state index in [1.807, 2.05) is 6.07 Å². The van der Waals surface area contributed by atoms with Crippen LogP contribution in [0.3, 0.4) is 0 Å². The Morgan fingerprint density at radius 2 is 1.96 bits per heavy atom. The molecule has 0 atom stereocenters. The first-order chi connectivity index (χ1) is 11.7. The summed E-state index contributed by atoms with van der Waals surface area (Å²) in [5.41, 5.74) is 1.47. The molecule has 0 aliphatic rings. The van der Waals surface area contributed by atoms with Crippen molar-refractivity contribution in [3.8, 4) is 22.8 Å². The normalized spacial score (nSPS) is 10.2. The second-order valence-corrected chi connectivity index (χ2v) is 4.84. The Kier molecular flexibility index (Phi) is 4.42. The van der Waals surface area contributed by atoms with Crippen molar-refractivity contribution >= 4 is 11.6 Å². The molecule has 1 amide bonds. The van der Waals surface area contributed by atoms with Crippen LogP contribution in [-0.4, -0.2) is 30.3 Å². The molecule has 0 saturated heterocycles. The topological polar surface area (TPSA) is 86.5 Å². The third-order valence-corrected chi connectivity index (χ3v) is 3.33. The Balaban J connectivity index is 1.77. The molecule has 0 fully saturated rings. The van der Waals surface area contributed by atoms with Crippen LogP contribution in [0.1, 0.15) is 10.5 Å². The lowest BCUT2D eigenvalue weighted by atomic mass is 10.2. The summed E-state index contributed by atoms with van der Waals surface area (Å²) in [6.07, 6.45) is 3.29. The predicted octanol–water partition coefficient (Wildman–Crippen LogP) is 3.01. The number of amides is 1. The van der Waals surface area contributed by atoms with E-state index in [4.69, 9.17) is 14.0 Å². The van der Waals surface area contributed by atoms with Crippen LogP contribution in [0.5, 0.6) is 11.5 Å². The van der Waals surface area contributed by atoms with Gasteiger partial charge in [0.05, 0.1) is 14.2 Å². The average molecular weight is 325 g/mol. The molecule has 7 nitrogen and oxygen atoms in total. The summed E-state index contributed by atoms with van der Waals surface area (Å²) in [5.74, 6) is 1.18. The number of ether oxygens (including phenoxy) is 2. The fourth-order valence-electron chi connectivity index (χ4n) is 2.14. The molecule has 2 heterocycles. The maximum Gasteiger partial charge on any atom is 0.277 e. The first-order valence-electron chi connectivity index (χ1n) is 7.11. The molecule has 0 aliphatic heterocycles. The maximum absolute atomic E-state index is 12.3. The summed E-state index contributed by atoms with van der Waals surface area (Å²) >= 11 is 0. The molecule has 3 aromatic rings. The van der Waals surface area contributed by atoms with Crippen LogP contribution in [0.25, 0.3) is 11.3 Å². The van der Waals surface area contributed by atoms with Gasteiger partial charge in [-0.05, 0) is 24.3 Å². The molecule has 122 valence electrons. The summed E-state index contributed by atoms with van der Waals surface area (Å²) in [5, 5.41) is 6.53. The van der Waals surface area contributed by atoms with Crippen LogP contribution in [0, 0.1) is 0 Å². The number of nitrogens with one attached hydrogen (secondary N) is 1. The van der Waals surface area contributed by atoms with Crippen molar-refractivity contribution in [2.45, 2.75) is 0 Å². The van der Waals surface area contributed by atoms with Crippen molar-refractivity contribution in [1.82, 2.24) is 10.1 Å². The zero-order valence-corrected chi connectivity index (χ0v) is 13.1. The van der Waals surface area contributed by atoms with Gasteiger partial charge < -0.3 is 19.3 Å². The minimum absolute atomic E-state index is 0.170. The molecule has 0 radical (unpaired) electrons. The SMILES string of the molecule is COc1ccc(NC(=O)c2cc(-c3cccnc3)on2)cc1OC. The lowest BCUT2D eigenvalue weighted by Crippen LogP contribution is -2.12. The largest absolute Gasteiger partial charge is 0.493 e. The minimum atomic E-state index is -0.388. The highest BCUT2D eigenvalue weighted by molar-refractivity contribution is 6.03. The average Bonchev–Trinajstić information content (AvgIpc) is 3.12. The number of pyridine rings is 1. The summed E-state index contributed by atoms with van der Waals surface area (Å²) in [4.78, 5) is 16.3. The predicted molar refractivity (Wildman–Crippen MR) is 87.2 cm³/mol. The van der Waals surface area contributed by atoms with E-state index in [-0.39, 0.29) is 11.6 Å². The van der Waals surface area contributed by atoms with E-state index in [0.717, 1.165) is 5.56 Å². The van der Waals surface area contributed by atoms with Crippen LogP contribution in [0.2, 0.25) is 0 Å². The van der Waals surface area contributed by atoms with E-state index in [1.165, 1.54) is 7.11 Å². The van der Waals surface area contributed by atoms with Crippen LogP contribution < -0.4 is 14.8 Å². The number of rotatable bonds is 5. The number of carbonyl (C=O) groups excluding carboxylic acids is 1. The molecule has 7 heteroatoms. The number of methoxy groups -OCH3 is 2. The summed E-state index contributed by atoms with van der Waals surface area (Å²) in [6.45, 7) is 0. The molecule has 1 N–H and O–H groups in total. The van der Waals surface area contributed by atoms with Gasteiger partial charge in [-0.15, -0.1) is 0 Å². The second kappa shape index (κ2) is 6.82. The molecule has 2 aromatic heterocycles. The van der Waals surface area contributed by atoms with Crippen molar-refractivity contribution in [2.75, 3.05) is 19.5 Å². The first-order valence-corrected chi connectivity index (χ1v) is 7.11. The number of hydrogen-bond acceptors (Lipinski definition) is 6. The number of anilines is 1. The maximum atomic E-state index is 12.3. The fraction of sp³-hybridized carbons (Fsp3) is 0.118. The van der Waals surface area contributed by atoms with Gasteiger partial charge in [0, 0.05) is 35.8 Å². The lowest BCUT2D eigenvalue weighted by molar-refractivity contribution is 0.101. The van der Waals surface area contributed by atoms with Crippen molar-refractivity contribution < 1.29 is 18.8 Å². The van der Waals surface area contributed by atoms with Gasteiger partial charge in [0.25, 0.3) is 5.91 Å².